The Labute approximate surface area is 146 Å². The molecule has 0 spiro atoms. The summed E-state index contributed by atoms with van der Waals surface area (Å²) in [5.74, 6) is -1.17. The highest BCUT2D eigenvalue weighted by Gasteiger charge is 2.35. The van der Waals surface area contributed by atoms with Crippen LogP contribution >= 0.6 is 0 Å². The van der Waals surface area contributed by atoms with E-state index < -0.39 is 11.6 Å². The molecule has 25 heavy (non-hydrogen) atoms. The van der Waals surface area contributed by atoms with Crippen LogP contribution in [0.3, 0.4) is 0 Å². The minimum absolute atomic E-state index is 0.271. The molecule has 2 aromatic carbocycles. The van der Waals surface area contributed by atoms with Gasteiger partial charge in [0, 0.05) is 36.8 Å². The summed E-state index contributed by atoms with van der Waals surface area (Å²) in [7, 11) is 0. The highest BCUT2D eigenvalue weighted by atomic mass is 19.1. The van der Waals surface area contributed by atoms with E-state index in [1.54, 1.807) is 19.1 Å². The second-order valence-electron chi connectivity index (χ2n) is 6.67. The van der Waals surface area contributed by atoms with Gasteiger partial charge < -0.3 is 10.1 Å². The van der Waals surface area contributed by atoms with E-state index in [0.717, 1.165) is 30.5 Å². The Kier molecular flexibility index (Phi) is 5.45. The van der Waals surface area contributed by atoms with Gasteiger partial charge in [-0.25, -0.2) is 13.2 Å². The summed E-state index contributed by atoms with van der Waals surface area (Å²) >= 11 is 0. The van der Waals surface area contributed by atoms with Crippen molar-refractivity contribution in [2.45, 2.75) is 31.2 Å². The summed E-state index contributed by atoms with van der Waals surface area (Å²) in [6, 6.07) is 9.71. The molecule has 2 nitrogen and oxygen atoms in total. The van der Waals surface area contributed by atoms with Crippen molar-refractivity contribution >= 4 is 0 Å². The highest BCUT2D eigenvalue weighted by Crippen LogP contribution is 2.35. The molecular weight excluding hydrogens is 327 g/mol. The molecule has 3 rings (SSSR count). The third-order valence-electron chi connectivity index (χ3n) is 5.06. The minimum atomic E-state index is -0.462. The summed E-state index contributed by atoms with van der Waals surface area (Å²) in [5.41, 5.74) is 0.926. The lowest BCUT2D eigenvalue weighted by atomic mass is 9.74. The van der Waals surface area contributed by atoms with Gasteiger partial charge in [-0.15, -0.1) is 0 Å². The predicted octanol–water partition coefficient (Wildman–Crippen LogP) is 4.50. The Hall–Kier alpha value is -1.85. The molecule has 1 saturated heterocycles. The molecule has 2 aromatic rings. The van der Waals surface area contributed by atoms with E-state index in [2.05, 4.69) is 5.32 Å². The van der Waals surface area contributed by atoms with Gasteiger partial charge in [0.05, 0.1) is 0 Å². The third-order valence-corrected chi connectivity index (χ3v) is 5.06. The largest absolute Gasteiger partial charge is 0.381 e. The van der Waals surface area contributed by atoms with Gasteiger partial charge in [-0.3, -0.25) is 0 Å². The fraction of sp³-hybridized carbons (Fsp3) is 0.400. The zero-order chi connectivity index (χ0) is 17.9. The summed E-state index contributed by atoms with van der Waals surface area (Å²) in [6.45, 7) is 3.54. The molecule has 1 aliphatic heterocycles. The Morgan fingerprint density at radius 2 is 1.76 bits per heavy atom. The Morgan fingerprint density at radius 1 is 1.04 bits per heavy atom. The van der Waals surface area contributed by atoms with E-state index in [9.17, 15) is 13.2 Å². The second kappa shape index (κ2) is 7.58. The number of nitrogens with one attached hydrogen (secondary N) is 1. The number of halogens is 3. The Morgan fingerprint density at radius 3 is 2.48 bits per heavy atom. The number of benzene rings is 2. The molecule has 0 aliphatic carbocycles. The lowest BCUT2D eigenvalue weighted by Crippen LogP contribution is -2.43. The van der Waals surface area contributed by atoms with Gasteiger partial charge in [0.25, 0.3) is 0 Å². The molecule has 1 fully saturated rings. The van der Waals surface area contributed by atoms with Gasteiger partial charge in [0.1, 0.15) is 17.5 Å². The smallest absolute Gasteiger partial charge is 0.128 e. The van der Waals surface area contributed by atoms with E-state index >= 15 is 0 Å². The Bertz CT molecular complexity index is 729. The SMILES string of the molecule is CC(NCC1(c2cccc(F)c2)CCOCC1)c1cc(F)ccc1F. The molecule has 1 heterocycles. The quantitative estimate of drug-likeness (QED) is 0.858. The molecule has 1 aliphatic rings. The molecule has 0 saturated carbocycles. The molecule has 0 bridgehead atoms. The molecule has 134 valence electrons. The molecule has 1 unspecified atom stereocenters. The number of rotatable bonds is 5. The van der Waals surface area contributed by atoms with Crippen LogP contribution in [0.15, 0.2) is 42.5 Å². The maximum atomic E-state index is 14.0. The van der Waals surface area contributed by atoms with Gasteiger partial charge in [0.15, 0.2) is 0 Å². The molecule has 1 atom stereocenters. The normalized spacial score (nSPS) is 18.1. The van der Waals surface area contributed by atoms with Crippen molar-refractivity contribution in [1.82, 2.24) is 5.32 Å². The van der Waals surface area contributed by atoms with Crippen molar-refractivity contribution in [2.75, 3.05) is 19.8 Å². The first-order valence-corrected chi connectivity index (χ1v) is 8.52. The van der Waals surface area contributed by atoms with Crippen LogP contribution in [0.2, 0.25) is 0 Å². The molecule has 0 radical (unpaired) electrons. The fourth-order valence-electron chi connectivity index (χ4n) is 3.45. The van der Waals surface area contributed by atoms with Crippen LogP contribution in [-0.2, 0) is 10.2 Å². The maximum Gasteiger partial charge on any atom is 0.128 e. The average Bonchev–Trinajstić information content (AvgIpc) is 2.62. The first-order valence-electron chi connectivity index (χ1n) is 8.52. The van der Waals surface area contributed by atoms with Crippen molar-refractivity contribution in [1.29, 1.82) is 0 Å². The van der Waals surface area contributed by atoms with E-state index in [1.807, 2.05) is 6.07 Å². The number of ether oxygens (including phenoxy) is 1. The summed E-state index contributed by atoms with van der Waals surface area (Å²) in [5, 5.41) is 3.31. The standard InChI is InChI=1S/C20H22F3NO/c1-14(18-12-17(22)5-6-19(18)23)24-13-20(7-9-25-10-8-20)15-3-2-4-16(21)11-15/h2-6,11-12,14,24H,7-10,13H2,1H3. The van der Waals surface area contributed by atoms with Gasteiger partial charge in [-0.1, -0.05) is 12.1 Å². The van der Waals surface area contributed by atoms with Crippen molar-refractivity contribution in [3.63, 3.8) is 0 Å². The summed E-state index contributed by atoms with van der Waals surface area (Å²) in [4.78, 5) is 0. The second-order valence-corrected chi connectivity index (χ2v) is 6.67. The topological polar surface area (TPSA) is 21.3 Å². The molecule has 0 aromatic heterocycles. The Balaban J connectivity index is 1.80. The minimum Gasteiger partial charge on any atom is -0.381 e. The number of hydrogen-bond acceptors (Lipinski definition) is 2. The van der Waals surface area contributed by atoms with Crippen molar-refractivity contribution in [3.05, 3.63) is 71.0 Å². The van der Waals surface area contributed by atoms with Crippen LogP contribution in [0.5, 0.6) is 0 Å². The van der Waals surface area contributed by atoms with Crippen molar-refractivity contribution < 1.29 is 17.9 Å². The first-order chi connectivity index (χ1) is 12.0. The van der Waals surface area contributed by atoms with Crippen LogP contribution < -0.4 is 5.32 Å². The lowest BCUT2D eigenvalue weighted by Gasteiger charge is -2.39. The fourth-order valence-corrected chi connectivity index (χ4v) is 3.45. The van der Waals surface area contributed by atoms with Crippen molar-refractivity contribution in [2.24, 2.45) is 0 Å². The average molecular weight is 349 g/mol. The monoisotopic (exact) mass is 349 g/mol. The van der Waals surface area contributed by atoms with E-state index in [-0.39, 0.29) is 17.3 Å². The van der Waals surface area contributed by atoms with Gasteiger partial charge in [0.2, 0.25) is 0 Å². The van der Waals surface area contributed by atoms with E-state index in [1.165, 1.54) is 12.1 Å². The van der Waals surface area contributed by atoms with Crippen LogP contribution in [0, 0.1) is 17.5 Å². The van der Waals surface area contributed by atoms with Crippen LogP contribution in [0.25, 0.3) is 0 Å². The third kappa shape index (κ3) is 4.05. The molecular formula is C20H22F3NO. The zero-order valence-electron chi connectivity index (χ0n) is 14.2. The molecule has 5 heteroatoms. The lowest BCUT2D eigenvalue weighted by molar-refractivity contribution is 0.0489. The highest BCUT2D eigenvalue weighted by molar-refractivity contribution is 5.28. The zero-order valence-corrected chi connectivity index (χ0v) is 14.2. The van der Waals surface area contributed by atoms with Crippen LogP contribution in [0.4, 0.5) is 13.2 Å². The van der Waals surface area contributed by atoms with Crippen LogP contribution in [-0.4, -0.2) is 19.8 Å². The molecule has 0 amide bonds. The van der Waals surface area contributed by atoms with Gasteiger partial charge in [-0.2, -0.15) is 0 Å². The first kappa shape index (κ1) is 18.0. The van der Waals surface area contributed by atoms with E-state index in [4.69, 9.17) is 4.74 Å². The summed E-state index contributed by atoms with van der Waals surface area (Å²) in [6.07, 6.45) is 1.50. The van der Waals surface area contributed by atoms with E-state index in [0.29, 0.717) is 25.3 Å². The number of hydrogen-bond donors (Lipinski definition) is 1. The predicted molar refractivity (Wildman–Crippen MR) is 90.9 cm³/mol. The van der Waals surface area contributed by atoms with Gasteiger partial charge >= 0.3 is 0 Å². The summed E-state index contributed by atoms with van der Waals surface area (Å²) < 4.78 is 46.6. The van der Waals surface area contributed by atoms with Gasteiger partial charge in [-0.05, 0) is 55.7 Å². The maximum absolute atomic E-state index is 14.0. The molecule has 1 N–H and O–H groups in total. The van der Waals surface area contributed by atoms with Crippen LogP contribution in [0.1, 0.15) is 36.9 Å². The van der Waals surface area contributed by atoms with Crippen molar-refractivity contribution in [3.8, 4) is 0 Å².